The number of nitrogens with one attached hydrogen (secondary N) is 1. The largest absolute Gasteiger partial charge is 0.496 e. The second kappa shape index (κ2) is 10.9. The van der Waals surface area contributed by atoms with Gasteiger partial charge >= 0.3 is 0 Å². The molecule has 1 aromatic heterocycles. The Labute approximate surface area is 248 Å². The number of likely N-dealkylation sites (N-methyl/N-ethyl adjacent to an activating group) is 1. The Kier molecular flexibility index (Phi) is 7.65. The maximum Gasteiger partial charge on any atom is 0.270 e. The smallest absolute Gasteiger partial charge is 0.270 e. The van der Waals surface area contributed by atoms with Gasteiger partial charge in [-0.25, -0.2) is 0 Å². The first kappa shape index (κ1) is 28.8. The van der Waals surface area contributed by atoms with Gasteiger partial charge in [0.05, 0.1) is 37.6 Å². The molecule has 2 aliphatic rings. The minimum atomic E-state index is -0.412. The van der Waals surface area contributed by atoms with Crippen molar-refractivity contribution in [2.75, 3.05) is 32.8 Å². The molecule has 0 spiro atoms. The van der Waals surface area contributed by atoms with E-state index in [1.165, 1.54) is 0 Å². The van der Waals surface area contributed by atoms with Crippen molar-refractivity contribution < 1.29 is 19.1 Å². The molecule has 0 aliphatic carbocycles. The number of methoxy groups -OCH3 is 1. The Morgan fingerprint density at radius 3 is 2.51 bits per heavy atom. The van der Waals surface area contributed by atoms with E-state index in [0.29, 0.717) is 32.9 Å². The molecule has 2 unspecified atom stereocenters. The molecule has 2 amide bonds. The fourth-order valence-electron chi connectivity index (χ4n) is 4.98. The van der Waals surface area contributed by atoms with Crippen LogP contribution in [0.4, 0.5) is 5.69 Å². The number of carbonyl (C=O) groups is 2. The second-order valence-corrected chi connectivity index (χ2v) is 11.9. The first-order chi connectivity index (χ1) is 19.4. The van der Waals surface area contributed by atoms with Crippen molar-refractivity contribution in [2.24, 2.45) is 11.0 Å². The van der Waals surface area contributed by atoms with Crippen LogP contribution < -0.4 is 19.8 Å². The molecule has 0 saturated carbocycles. The van der Waals surface area contributed by atoms with E-state index in [0.717, 1.165) is 16.7 Å². The molecule has 0 saturated heterocycles. The average Bonchev–Trinajstić information content (AvgIpc) is 3.55. The number of benzene rings is 2. The zero-order chi connectivity index (χ0) is 29.6. The number of nitrogens with zero attached hydrogens (tertiary/aromatic N) is 5. The summed E-state index contributed by atoms with van der Waals surface area (Å²) in [6.45, 7) is 6.25. The monoisotopic (exact) mass is 598 g/mol. The summed E-state index contributed by atoms with van der Waals surface area (Å²) in [6.07, 6.45) is 3.47. The van der Waals surface area contributed by atoms with Crippen LogP contribution in [0, 0.1) is 5.92 Å². The highest BCUT2D eigenvalue weighted by Gasteiger charge is 2.48. The van der Waals surface area contributed by atoms with Gasteiger partial charge in [0, 0.05) is 58.6 Å². The molecular formula is C29H32Cl2N6O4. The third kappa shape index (κ3) is 5.46. The van der Waals surface area contributed by atoms with Crippen LogP contribution in [0.25, 0.3) is 11.1 Å². The van der Waals surface area contributed by atoms with E-state index < -0.39 is 5.54 Å². The minimum Gasteiger partial charge on any atom is -0.496 e. The van der Waals surface area contributed by atoms with Crippen LogP contribution in [-0.4, -0.2) is 65.6 Å². The lowest BCUT2D eigenvalue weighted by Crippen LogP contribution is -2.48. The number of halogens is 2. The molecular weight excluding hydrogens is 567 g/mol. The van der Waals surface area contributed by atoms with E-state index >= 15 is 0 Å². The molecule has 12 heteroatoms. The highest BCUT2D eigenvalue weighted by Crippen LogP contribution is 2.50. The lowest BCUT2D eigenvalue weighted by molar-refractivity contribution is -0.127. The minimum absolute atomic E-state index is 0.0848. The maximum absolute atomic E-state index is 13.8. The maximum atomic E-state index is 13.8. The predicted molar refractivity (Wildman–Crippen MR) is 159 cm³/mol. The fraction of sp³-hybridized carbons (Fsp3) is 0.379. The summed E-state index contributed by atoms with van der Waals surface area (Å²) in [5, 5.41) is 14.5. The number of ether oxygens (including phenoxy) is 2. The average molecular weight is 600 g/mol. The lowest BCUT2D eigenvalue weighted by Gasteiger charge is -2.36. The van der Waals surface area contributed by atoms with Gasteiger partial charge in [-0.15, -0.1) is 0 Å². The highest BCUT2D eigenvalue weighted by atomic mass is 35.5. The van der Waals surface area contributed by atoms with E-state index in [9.17, 15) is 9.59 Å². The third-order valence-corrected chi connectivity index (χ3v) is 7.89. The second-order valence-electron chi connectivity index (χ2n) is 11.0. The number of amides is 2. The molecule has 2 aliphatic heterocycles. The Morgan fingerprint density at radius 2 is 1.88 bits per heavy atom. The first-order valence-electron chi connectivity index (χ1n) is 13.1. The van der Waals surface area contributed by atoms with Gasteiger partial charge in [-0.05, 0) is 45.0 Å². The number of carbonyl (C=O) groups excluding carboxylic acids is 2. The zero-order valence-corrected chi connectivity index (χ0v) is 25.2. The lowest BCUT2D eigenvalue weighted by atomic mass is 9.85. The van der Waals surface area contributed by atoms with E-state index in [2.05, 4.69) is 10.4 Å². The molecule has 5 rings (SSSR count). The van der Waals surface area contributed by atoms with Crippen molar-refractivity contribution in [3.05, 3.63) is 58.3 Å². The summed E-state index contributed by atoms with van der Waals surface area (Å²) >= 11 is 12.8. The van der Waals surface area contributed by atoms with Crippen LogP contribution in [0.5, 0.6) is 11.5 Å². The van der Waals surface area contributed by atoms with Crippen molar-refractivity contribution in [3.63, 3.8) is 0 Å². The van der Waals surface area contributed by atoms with Gasteiger partial charge in [0.1, 0.15) is 23.8 Å². The van der Waals surface area contributed by atoms with Crippen LogP contribution in [0.1, 0.15) is 32.4 Å². The molecule has 3 aromatic rings. The molecule has 3 heterocycles. The summed E-state index contributed by atoms with van der Waals surface area (Å²) in [6, 6.07) is 8.63. The Bertz CT molecular complexity index is 1530. The number of fused-ring (bicyclic) bond motifs is 3. The predicted octanol–water partition coefficient (Wildman–Crippen LogP) is 4.79. The van der Waals surface area contributed by atoms with Gasteiger partial charge in [0.15, 0.2) is 0 Å². The first-order valence-corrected chi connectivity index (χ1v) is 13.9. The van der Waals surface area contributed by atoms with Crippen molar-refractivity contribution >= 4 is 46.4 Å². The molecule has 41 heavy (non-hydrogen) atoms. The van der Waals surface area contributed by atoms with E-state index in [1.54, 1.807) is 66.4 Å². The standard InChI is InChI=1S/C29H32Cl2N6O4/c1-29(2,3)35(5)28(39)26-22-15-41-24-11-23(40-6)20(16-12-33-36(13-16)14-25(38)32-4)10-21(24)27(22)37(34-26)19-8-17(30)7-18(31)9-19/h7-13,22,27H,14-15H2,1-6H3,(H,32,38). The molecule has 1 N–H and O–H groups in total. The SMILES string of the molecule is CNC(=O)Cn1cc(-c2cc3c(cc2OC)OCC2C(C(=O)N(C)C(C)(C)C)=NN(c4cc(Cl)cc(Cl)c4)C32)cn1. The molecule has 10 nitrogen and oxygen atoms in total. The Morgan fingerprint density at radius 1 is 1.17 bits per heavy atom. The van der Waals surface area contributed by atoms with Crippen molar-refractivity contribution in [3.8, 4) is 22.6 Å². The Balaban J connectivity index is 1.63. The molecule has 2 aromatic carbocycles. The van der Waals surface area contributed by atoms with Crippen LogP contribution in [0.3, 0.4) is 0 Å². The quantitative estimate of drug-likeness (QED) is 0.437. The summed E-state index contributed by atoms with van der Waals surface area (Å²) in [4.78, 5) is 27.4. The third-order valence-electron chi connectivity index (χ3n) is 7.45. The van der Waals surface area contributed by atoms with Gasteiger partial charge in [-0.1, -0.05) is 23.2 Å². The van der Waals surface area contributed by atoms with Gasteiger partial charge in [0.25, 0.3) is 5.91 Å². The van der Waals surface area contributed by atoms with Crippen LogP contribution in [0.15, 0.2) is 47.8 Å². The van der Waals surface area contributed by atoms with Gasteiger partial charge in [-0.3, -0.25) is 19.3 Å². The van der Waals surface area contributed by atoms with Gasteiger partial charge < -0.3 is 19.7 Å². The number of anilines is 1. The molecule has 216 valence electrons. The van der Waals surface area contributed by atoms with Gasteiger partial charge in [-0.2, -0.15) is 10.2 Å². The molecule has 2 atom stereocenters. The normalized spacial score (nSPS) is 17.8. The molecule has 0 bridgehead atoms. The van der Waals surface area contributed by atoms with Crippen molar-refractivity contribution in [1.29, 1.82) is 0 Å². The summed E-state index contributed by atoms with van der Waals surface area (Å²) < 4.78 is 13.5. The topological polar surface area (TPSA) is 101 Å². The van der Waals surface area contributed by atoms with Crippen molar-refractivity contribution in [2.45, 2.75) is 38.9 Å². The van der Waals surface area contributed by atoms with Crippen LogP contribution >= 0.6 is 23.2 Å². The zero-order valence-electron chi connectivity index (χ0n) is 23.7. The highest BCUT2D eigenvalue weighted by molar-refractivity contribution is 6.41. The van der Waals surface area contributed by atoms with Crippen LogP contribution in [-0.2, 0) is 16.1 Å². The molecule has 0 fully saturated rings. The van der Waals surface area contributed by atoms with E-state index in [1.807, 2.05) is 32.9 Å². The van der Waals surface area contributed by atoms with E-state index in [-0.39, 0.29) is 36.9 Å². The van der Waals surface area contributed by atoms with Crippen molar-refractivity contribution in [1.82, 2.24) is 20.0 Å². The number of aromatic nitrogens is 2. The summed E-state index contributed by atoms with van der Waals surface area (Å²) in [5.74, 6) is 0.497. The fourth-order valence-corrected chi connectivity index (χ4v) is 5.50. The number of hydrogen-bond acceptors (Lipinski definition) is 7. The Hall–Kier alpha value is -3.76. The van der Waals surface area contributed by atoms with Gasteiger partial charge in [0.2, 0.25) is 5.91 Å². The number of rotatable bonds is 6. The van der Waals surface area contributed by atoms with E-state index in [4.69, 9.17) is 37.8 Å². The number of hydrazone groups is 1. The number of hydrogen-bond donors (Lipinski definition) is 1. The summed E-state index contributed by atoms with van der Waals surface area (Å²) in [5.41, 5.74) is 2.97. The summed E-state index contributed by atoms with van der Waals surface area (Å²) in [7, 11) is 4.94. The molecule has 0 radical (unpaired) electrons. The van der Waals surface area contributed by atoms with Crippen LogP contribution in [0.2, 0.25) is 10.0 Å².